The van der Waals surface area contributed by atoms with E-state index in [1.54, 1.807) is 0 Å². The molecule has 0 saturated heterocycles. The van der Waals surface area contributed by atoms with E-state index in [0.29, 0.717) is 11.1 Å². The first-order valence-corrected chi connectivity index (χ1v) is 12.6. The molecule has 37 heavy (non-hydrogen) atoms. The van der Waals surface area contributed by atoms with Gasteiger partial charge in [0.2, 0.25) is 0 Å². The van der Waals surface area contributed by atoms with Gasteiger partial charge in [-0.25, -0.2) is 27.5 Å². The molecule has 0 aliphatic carbocycles. The van der Waals surface area contributed by atoms with Crippen LogP contribution in [-0.2, 0) is 10.0 Å². The Morgan fingerprint density at radius 3 is 2.51 bits per heavy atom. The number of halogens is 3. The predicted octanol–water partition coefficient (Wildman–Crippen LogP) is 5.47. The van der Waals surface area contributed by atoms with Gasteiger partial charge in [0, 0.05) is 29.9 Å². The van der Waals surface area contributed by atoms with E-state index in [0.717, 1.165) is 17.2 Å². The minimum atomic E-state index is -4.02. The molecule has 2 heterocycles. The topological polar surface area (TPSA) is 127 Å². The molecule has 192 valence electrons. The van der Waals surface area contributed by atoms with E-state index in [1.165, 1.54) is 62.9 Å². The Morgan fingerprint density at radius 1 is 1.14 bits per heavy atom. The molecule has 0 fully saturated rings. The van der Waals surface area contributed by atoms with E-state index in [2.05, 4.69) is 24.7 Å². The van der Waals surface area contributed by atoms with Crippen LogP contribution < -0.4 is 19.7 Å². The zero-order chi connectivity index (χ0) is 26.7. The molecule has 0 spiro atoms. The lowest BCUT2D eigenvalue weighted by Crippen LogP contribution is -2.35. The van der Waals surface area contributed by atoms with Crippen LogP contribution in [0.4, 0.5) is 26.5 Å². The average molecular weight is 566 g/mol. The maximum Gasteiger partial charge on any atom is 0.327 e. The second kappa shape index (κ2) is 10.6. The number of carbonyl (C=O) groups excluding carboxylic acids is 1. The quantitative estimate of drug-likeness (QED) is 0.304. The second-order valence-corrected chi connectivity index (χ2v) is 9.92. The van der Waals surface area contributed by atoms with Crippen LogP contribution in [0.5, 0.6) is 5.75 Å². The highest BCUT2D eigenvalue weighted by molar-refractivity contribution is 7.92. The number of amides is 2. The molecule has 0 aliphatic rings. The van der Waals surface area contributed by atoms with Crippen LogP contribution in [-0.4, -0.2) is 38.7 Å². The molecule has 0 radical (unpaired) electrons. The highest BCUT2D eigenvalue weighted by Crippen LogP contribution is 2.41. The second-order valence-electron chi connectivity index (χ2n) is 7.39. The molecule has 2 N–H and O–H groups in total. The standard InChI is InChI=1S/C23H18Cl2FN5O5S/c1-27-23(32)31(22-4-3-16(12-28-22)37(33,34)30-21-5-6-36-29-21)19-11-18(25)17(10-20(19)35-2)13-7-14(24)9-15(26)8-13/h3-12H,1-2H3,(H,27,32)(H,29,30). The van der Waals surface area contributed by atoms with Crippen LogP contribution in [0.1, 0.15) is 0 Å². The summed E-state index contributed by atoms with van der Waals surface area (Å²) in [6, 6.07) is 10.3. The lowest BCUT2D eigenvalue weighted by Gasteiger charge is -2.24. The first kappa shape index (κ1) is 26.2. The molecule has 0 saturated carbocycles. The number of anilines is 3. The molecule has 0 bridgehead atoms. The van der Waals surface area contributed by atoms with E-state index >= 15 is 0 Å². The van der Waals surface area contributed by atoms with Gasteiger partial charge in [-0.15, -0.1) is 0 Å². The summed E-state index contributed by atoms with van der Waals surface area (Å²) >= 11 is 12.5. The summed E-state index contributed by atoms with van der Waals surface area (Å²) in [5.74, 6) is -0.286. The summed E-state index contributed by atoms with van der Waals surface area (Å²) < 4.78 is 51.5. The monoisotopic (exact) mass is 565 g/mol. The number of methoxy groups -OCH3 is 1. The lowest BCUT2D eigenvalue weighted by atomic mass is 10.0. The van der Waals surface area contributed by atoms with Crippen LogP contribution in [0, 0.1) is 5.82 Å². The van der Waals surface area contributed by atoms with Gasteiger partial charge in [0.15, 0.2) is 5.82 Å². The van der Waals surface area contributed by atoms with E-state index in [1.807, 2.05) is 0 Å². The number of aromatic nitrogens is 2. The summed E-state index contributed by atoms with van der Waals surface area (Å²) in [7, 11) is -1.23. The van der Waals surface area contributed by atoms with Gasteiger partial charge in [-0.05, 0) is 48.0 Å². The normalized spacial score (nSPS) is 11.2. The van der Waals surface area contributed by atoms with Gasteiger partial charge < -0.3 is 14.6 Å². The van der Waals surface area contributed by atoms with E-state index < -0.39 is 21.9 Å². The zero-order valence-corrected chi connectivity index (χ0v) is 21.5. The number of sulfonamides is 1. The fourth-order valence-corrected chi connectivity index (χ4v) is 4.81. The maximum absolute atomic E-state index is 13.9. The number of carbonyl (C=O) groups is 1. The summed E-state index contributed by atoms with van der Waals surface area (Å²) in [6.45, 7) is 0. The van der Waals surface area contributed by atoms with Crippen molar-refractivity contribution in [2.75, 3.05) is 23.8 Å². The fourth-order valence-electron chi connectivity index (χ4n) is 3.39. The minimum absolute atomic E-state index is 0.00452. The number of urea groups is 1. The Hall–Kier alpha value is -3.87. The first-order chi connectivity index (χ1) is 17.6. The number of hydrogen-bond donors (Lipinski definition) is 2. The number of hydrogen-bond acceptors (Lipinski definition) is 7. The van der Waals surface area contributed by atoms with Gasteiger partial charge in [-0.1, -0.05) is 28.4 Å². The Kier molecular flexibility index (Phi) is 7.52. The van der Waals surface area contributed by atoms with Crippen LogP contribution >= 0.6 is 23.2 Å². The third-order valence-electron chi connectivity index (χ3n) is 5.04. The van der Waals surface area contributed by atoms with Crippen molar-refractivity contribution in [3.8, 4) is 16.9 Å². The van der Waals surface area contributed by atoms with Crippen LogP contribution in [0.25, 0.3) is 11.1 Å². The lowest BCUT2D eigenvalue weighted by molar-refractivity contribution is 0.250. The molecule has 4 rings (SSSR count). The van der Waals surface area contributed by atoms with Crippen LogP contribution in [0.3, 0.4) is 0 Å². The number of nitrogens with one attached hydrogen (secondary N) is 2. The third-order valence-corrected chi connectivity index (χ3v) is 6.91. The van der Waals surface area contributed by atoms with Crippen LogP contribution in [0.2, 0.25) is 10.0 Å². The minimum Gasteiger partial charge on any atom is -0.495 e. The third kappa shape index (κ3) is 5.61. The number of rotatable bonds is 7. The fraction of sp³-hybridized carbons (Fsp3) is 0.0870. The Morgan fingerprint density at radius 2 is 1.92 bits per heavy atom. The summed E-state index contributed by atoms with van der Waals surface area (Å²) in [4.78, 5) is 18.0. The summed E-state index contributed by atoms with van der Waals surface area (Å²) in [5.41, 5.74) is 1.01. The smallest absolute Gasteiger partial charge is 0.327 e. The summed E-state index contributed by atoms with van der Waals surface area (Å²) in [5, 5.41) is 6.36. The molecule has 14 heteroatoms. The summed E-state index contributed by atoms with van der Waals surface area (Å²) in [6.07, 6.45) is 2.29. The van der Waals surface area contributed by atoms with Gasteiger partial charge in [-0.2, -0.15) is 0 Å². The highest BCUT2D eigenvalue weighted by Gasteiger charge is 2.25. The molecule has 0 atom stereocenters. The molecule has 0 unspecified atom stereocenters. The van der Waals surface area contributed by atoms with Crippen molar-refractivity contribution in [3.05, 3.63) is 76.9 Å². The Labute approximate surface area is 221 Å². The molecule has 2 aromatic carbocycles. The molecular formula is C23H18Cl2FN5O5S. The van der Waals surface area contributed by atoms with Gasteiger partial charge in [0.25, 0.3) is 10.0 Å². The van der Waals surface area contributed by atoms with E-state index in [4.69, 9.17) is 27.9 Å². The maximum atomic E-state index is 13.9. The van der Waals surface area contributed by atoms with Crippen molar-refractivity contribution in [2.24, 2.45) is 0 Å². The van der Waals surface area contributed by atoms with Gasteiger partial charge >= 0.3 is 6.03 Å². The number of nitrogens with zero attached hydrogens (tertiary/aromatic N) is 3. The predicted molar refractivity (Wildman–Crippen MR) is 137 cm³/mol. The van der Waals surface area contributed by atoms with Crippen molar-refractivity contribution >= 4 is 56.6 Å². The van der Waals surface area contributed by atoms with Crippen molar-refractivity contribution in [1.29, 1.82) is 0 Å². The zero-order valence-electron chi connectivity index (χ0n) is 19.2. The number of pyridine rings is 1. The molecule has 4 aromatic rings. The average Bonchev–Trinajstić information content (AvgIpc) is 3.36. The van der Waals surface area contributed by atoms with Gasteiger partial charge in [-0.3, -0.25) is 4.72 Å². The van der Waals surface area contributed by atoms with Crippen molar-refractivity contribution in [2.45, 2.75) is 4.90 Å². The molecule has 2 aromatic heterocycles. The van der Waals surface area contributed by atoms with Crippen LogP contribution in [0.15, 0.2) is 70.4 Å². The molecule has 0 aliphatic heterocycles. The molecule has 10 nitrogen and oxygen atoms in total. The highest BCUT2D eigenvalue weighted by atomic mass is 35.5. The molecular weight excluding hydrogens is 548 g/mol. The Balaban J connectivity index is 1.75. The van der Waals surface area contributed by atoms with E-state index in [-0.39, 0.29) is 38.0 Å². The SMILES string of the molecule is CNC(=O)N(c1ccc(S(=O)(=O)Nc2ccon2)cn1)c1cc(Cl)c(-c2cc(F)cc(Cl)c2)cc1OC. The van der Waals surface area contributed by atoms with Gasteiger partial charge in [0.05, 0.1) is 17.8 Å². The number of benzene rings is 2. The number of ether oxygens (including phenoxy) is 1. The van der Waals surface area contributed by atoms with Crippen molar-refractivity contribution < 1.29 is 26.9 Å². The first-order valence-electron chi connectivity index (χ1n) is 10.4. The Bertz CT molecular complexity index is 1530. The van der Waals surface area contributed by atoms with Crippen molar-refractivity contribution in [3.63, 3.8) is 0 Å². The van der Waals surface area contributed by atoms with Crippen molar-refractivity contribution in [1.82, 2.24) is 15.5 Å². The van der Waals surface area contributed by atoms with Gasteiger partial charge in [0.1, 0.15) is 28.5 Å². The molecule has 2 amide bonds. The van der Waals surface area contributed by atoms with E-state index in [9.17, 15) is 17.6 Å². The largest absolute Gasteiger partial charge is 0.495 e.